The Balaban J connectivity index is 2.57. The number of thiol groups is 1. The minimum atomic E-state index is -1.14. The number of phenolic OH excluding ortho intramolecular Hbond substituents is 2. The Morgan fingerprint density at radius 3 is 2.74 bits per heavy atom. The average Bonchev–Trinajstić information content (AvgIpc) is 2.75. The largest absolute Gasteiger partial charge is 0.504 e. The van der Waals surface area contributed by atoms with Crippen molar-refractivity contribution in [1.29, 1.82) is 0 Å². The van der Waals surface area contributed by atoms with Crippen molar-refractivity contribution in [2.45, 2.75) is 6.42 Å². The molecule has 10 heteroatoms. The summed E-state index contributed by atoms with van der Waals surface area (Å²) in [7, 11) is 0. The molecule has 19 heavy (non-hydrogen) atoms. The van der Waals surface area contributed by atoms with E-state index in [-0.39, 0.29) is 16.3 Å². The van der Waals surface area contributed by atoms with Crippen LogP contribution in [0.4, 0.5) is 5.69 Å². The maximum Gasteiger partial charge on any atom is 0.307 e. The molecule has 0 unspecified atom stereocenters. The molecule has 0 aromatic heterocycles. The third-order valence-corrected chi connectivity index (χ3v) is 3.08. The van der Waals surface area contributed by atoms with Crippen LogP contribution >= 0.6 is 24.4 Å². The summed E-state index contributed by atoms with van der Waals surface area (Å²) in [4.78, 5) is 10.9. The van der Waals surface area contributed by atoms with E-state index in [9.17, 15) is 15.0 Å². The van der Waals surface area contributed by atoms with E-state index < -0.39 is 23.9 Å². The van der Waals surface area contributed by atoms with Crippen LogP contribution in [0.25, 0.3) is 0 Å². The fourth-order valence-electron chi connectivity index (χ4n) is 1.57. The second kappa shape index (κ2) is 5.03. The van der Waals surface area contributed by atoms with Crippen LogP contribution in [0, 0.1) is 0 Å². The van der Waals surface area contributed by atoms with Crippen molar-refractivity contribution in [3.8, 4) is 11.5 Å². The zero-order valence-electron chi connectivity index (χ0n) is 9.28. The molecule has 0 amide bonds. The highest BCUT2D eigenvalue weighted by atomic mass is 35.5. The number of hydrogen-bond donors (Lipinski definition) is 5. The van der Waals surface area contributed by atoms with Crippen LogP contribution in [0.15, 0.2) is 11.2 Å². The standard InChI is InChI=1S/C9H9ClN4O4S/c10-8-4(1-7(16)17)5(2-6(15)9(8)18)13-3-11-12-14(13)19/h2-3,12,15,18-19H,1H2,(H,16,17). The Morgan fingerprint density at radius 1 is 1.53 bits per heavy atom. The van der Waals surface area contributed by atoms with Gasteiger partial charge in [-0.2, -0.15) is 5.10 Å². The molecule has 0 spiro atoms. The topological polar surface area (TPSA) is 109 Å². The zero-order chi connectivity index (χ0) is 14.2. The van der Waals surface area contributed by atoms with E-state index in [0.717, 1.165) is 4.52 Å². The SMILES string of the molecule is O=C(O)Cc1c(N2C=NNN2S)cc(O)c(O)c1Cl. The first-order valence-corrected chi connectivity index (χ1v) is 5.71. The van der Waals surface area contributed by atoms with Gasteiger partial charge in [0.15, 0.2) is 11.5 Å². The monoisotopic (exact) mass is 304 g/mol. The van der Waals surface area contributed by atoms with Gasteiger partial charge >= 0.3 is 5.97 Å². The minimum absolute atomic E-state index is 0.124. The number of hydrogen-bond acceptors (Lipinski definition) is 8. The number of rotatable bonds is 3. The Morgan fingerprint density at radius 2 is 2.21 bits per heavy atom. The minimum Gasteiger partial charge on any atom is -0.504 e. The molecule has 0 radical (unpaired) electrons. The Hall–Kier alpha value is -1.84. The van der Waals surface area contributed by atoms with Gasteiger partial charge in [0.05, 0.1) is 17.1 Å². The molecule has 0 aliphatic carbocycles. The Bertz CT molecular complexity index is 568. The molecular weight excluding hydrogens is 296 g/mol. The van der Waals surface area contributed by atoms with Crippen LogP contribution in [-0.2, 0) is 11.2 Å². The maximum atomic E-state index is 10.9. The summed E-state index contributed by atoms with van der Waals surface area (Å²) >= 11 is 9.89. The maximum absolute atomic E-state index is 10.9. The van der Waals surface area contributed by atoms with Gasteiger partial charge in [0.2, 0.25) is 0 Å². The lowest BCUT2D eigenvalue weighted by molar-refractivity contribution is -0.136. The number of hydrazone groups is 1. The van der Waals surface area contributed by atoms with E-state index in [1.165, 1.54) is 17.4 Å². The number of nitrogens with one attached hydrogen (secondary N) is 1. The normalized spacial score (nSPS) is 14.7. The van der Waals surface area contributed by atoms with E-state index in [4.69, 9.17) is 16.7 Å². The molecule has 0 bridgehead atoms. The highest BCUT2D eigenvalue weighted by Crippen LogP contribution is 2.42. The van der Waals surface area contributed by atoms with E-state index >= 15 is 0 Å². The second-order valence-corrected chi connectivity index (χ2v) is 4.36. The van der Waals surface area contributed by atoms with Crippen LogP contribution in [0.2, 0.25) is 5.02 Å². The van der Waals surface area contributed by atoms with Gasteiger partial charge in [-0.25, -0.2) is 10.5 Å². The van der Waals surface area contributed by atoms with Gasteiger partial charge in [-0.05, 0) is 12.8 Å². The summed E-state index contributed by atoms with van der Waals surface area (Å²) in [6, 6.07) is 1.17. The first kappa shape index (κ1) is 13.6. The molecule has 4 N–H and O–H groups in total. The van der Waals surface area contributed by atoms with Crippen molar-refractivity contribution >= 4 is 42.4 Å². The molecule has 0 saturated heterocycles. The lowest BCUT2D eigenvalue weighted by Crippen LogP contribution is -2.36. The van der Waals surface area contributed by atoms with Crippen molar-refractivity contribution in [2.75, 3.05) is 5.01 Å². The van der Waals surface area contributed by atoms with E-state index in [0.29, 0.717) is 0 Å². The van der Waals surface area contributed by atoms with Crippen LogP contribution < -0.4 is 10.5 Å². The van der Waals surface area contributed by atoms with E-state index in [2.05, 4.69) is 23.5 Å². The van der Waals surface area contributed by atoms with Crippen molar-refractivity contribution < 1.29 is 20.1 Å². The summed E-state index contributed by atoms with van der Waals surface area (Å²) in [5, 5.41) is 32.8. The van der Waals surface area contributed by atoms with Crippen molar-refractivity contribution in [2.24, 2.45) is 5.10 Å². The van der Waals surface area contributed by atoms with Gasteiger partial charge in [0.1, 0.15) is 6.34 Å². The van der Waals surface area contributed by atoms with Crippen LogP contribution in [0.1, 0.15) is 5.56 Å². The lowest BCUT2D eigenvalue weighted by atomic mass is 10.1. The van der Waals surface area contributed by atoms with Crippen molar-refractivity contribution in [3.05, 3.63) is 16.7 Å². The number of benzene rings is 1. The van der Waals surface area contributed by atoms with Gasteiger partial charge in [0, 0.05) is 11.6 Å². The molecule has 0 fully saturated rings. The molecule has 8 nitrogen and oxygen atoms in total. The zero-order valence-corrected chi connectivity index (χ0v) is 10.9. The molecular formula is C9H9ClN4O4S. The number of halogens is 1. The number of carbonyl (C=O) groups is 1. The fourth-order valence-corrected chi connectivity index (χ4v) is 2.02. The lowest BCUT2D eigenvalue weighted by Gasteiger charge is -2.24. The van der Waals surface area contributed by atoms with Gasteiger partial charge in [-0.15, -0.1) is 0 Å². The molecule has 2 rings (SSSR count). The van der Waals surface area contributed by atoms with E-state index in [1.807, 2.05) is 0 Å². The summed E-state index contributed by atoms with van der Waals surface area (Å²) in [6.07, 6.45) is 0.870. The third-order valence-electron chi connectivity index (χ3n) is 2.39. The Labute approximate surface area is 118 Å². The summed E-state index contributed by atoms with van der Waals surface area (Å²) in [6.45, 7) is 0. The number of aromatic hydroxyl groups is 2. The smallest absolute Gasteiger partial charge is 0.307 e. The Kier molecular flexibility index (Phi) is 3.60. The summed E-state index contributed by atoms with van der Waals surface area (Å²) in [5.41, 5.74) is 2.81. The number of hydrazine groups is 2. The van der Waals surface area contributed by atoms with Gasteiger partial charge < -0.3 is 15.3 Å². The number of nitrogens with zero attached hydrogens (tertiary/aromatic N) is 3. The van der Waals surface area contributed by atoms with Crippen LogP contribution in [0.5, 0.6) is 11.5 Å². The third kappa shape index (κ3) is 2.48. The molecule has 1 aliphatic rings. The predicted octanol–water partition coefficient (Wildman–Crippen LogP) is 0.708. The molecule has 0 atom stereocenters. The van der Waals surface area contributed by atoms with Gasteiger partial charge in [-0.3, -0.25) is 4.79 Å². The molecule has 0 saturated carbocycles. The highest BCUT2D eigenvalue weighted by molar-refractivity contribution is 7.77. The number of anilines is 1. The van der Waals surface area contributed by atoms with Gasteiger partial charge in [-0.1, -0.05) is 16.1 Å². The number of phenols is 2. The van der Waals surface area contributed by atoms with Crippen LogP contribution in [0.3, 0.4) is 0 Å². The first-order valence-electron chi connectivity index (χ1n) is 4.94. The summed E-state index contributed by atoms with van der Waals surface area (Å²) in [5.74, 6) is -2.18. The second-order valence-electron chi connectivity index (χ2n) is 3.61. The number of aliphatic carboxylic acids is 1. The first-order chi connectivity index (χ1) is 8.91. The van der Waals surface area contributed by atoms with Crippen molar-refractivity contribution in [1.82, 2.24) is 10.1 Å². The molecule has 1 aliphatic heterocycles. The number of carboxylic acid groups (broad SMARTS) is 1. The highest BCUT2D eigenvalue weighted by Gasteiger charge is 2.25. The summed E-state index contributed by atoms with van der Waals surface area (Å²) < 4.78 is 1.15. The van der Waals surface area contributed by atoms with Crippen LogP contribution in [-0.4, -0.2) is 32.2 Å². The quantitative estimate of drug-likeness (QED) is 0.413. The molecule has 1 aromatic carbocycles. The molecule has 1 heterocycles. The van der Waals surface area contributed by atoms with Gasteiger partial charge in [0.25, 0.3) is 0 Å². The van der Waals surface area contributed by atoms with Crippen molar-refractivity contribution in [3.63, 3.8) is 0 Å². The fraction of sp³-hybridized carbons (Fsp3) is 0.111. The molecule has 102 valence electrons. The number of carboxylic acids is 1. The average molecular weight is 305 g/mol. The molecule has 1 aromatic rings. The van der Waals surface area contributed by atoms with E-state index in [1.54, 1.807) is 0 Å². The predicted molar refractivity (Wildman–Crippen MR) is 71.1 cm³/mol.